The van der Waals surface area contributed by atoms with E-state index in [2.05, 4.69) is 9.97 Å². The van der Waals surface area contributed by atoms with E-state index in [-0.39, 0.29) is 5.69 Å². The van der Waals surface area contributed by atoms with Crippen molar-refractivity contribution >= 4 is 5.97 Å². The van der Waals surface area contributed by atoms with Crippen LogP contribution in [0.1, 0.15) is 24.3 Å². The molecular formula is C7H10N2O2. The summed E-state index contributed by atoms with van der Waals surface area (Å²) < 4.78 is 0. The highest BCUT2D eigenvalue weighted by molar-refractivity contribution is 5.84. The highest BCUT2D eigenvalue weighted by Crippen LogP contribution is 1.87. The highest BCUT2D eigenvalue weighted by atomic mass is 16.4. The average molecular weight is 154 g/mol. The van der Waals surface area contributed by atoms with Crippen LogP contribution in [-0.2, 0) is 0 Å². The smallest absolute Gasteiger partial charge is 0.354 e. The molecule has 4 heteroatoms. The third-order valence-corrected chi connectivity index (χ3v) is 0.801. The van der Waals surface area contributed by atoms with Gasteiger partial charge in [-0.15, -0.1) is 0 Å². The molecule has 0 spiro atoms. The van der Waals surface area contributed by atoms with E-state index in [4.69, 9.17) is 5.11 Å². The van der Waals surface area contributed by atoms with Gasteiger partial charge in [0.25, 0.3) is 0 Å². The molecule has 0 amide bonds. The van der Waals surface area contributed by atoms with Crippen molar-refractivity contribution in [3.63, 3.8) is 0 Å². The van der Waals surface area contributed by atoms with Crippen molar-refractivity contribution < 1.29 is 9.90 Å². The monoisotopic (exact) mass is 154 g/mol. The Morgan fingerprint density at radius 2 is 2.18 bits per heavy atom. The molecule has 0 atom stereocenters. The largest absolute Gasteiger partial charge is 0.477 e. The summed E-state index contributed by atoms with van der Waals surface area (Å²) in [6.07, 6.45) is 2.58. The lowest BCUT2D eigenvalue weighted by molar-refractivity contribution is 0.0690. The average Bonchev–Trinajstić information content (AvgIpc) is 2.10. The standard InChI is InChI=1S/C5H4N2O2.C2H6/c8-5(9)4-1-2-6-3-7-4;1-2/h1-3H,(H,8,9);1-2H3. The van der Waals surface area contributed by atoms with Gasteiger partial charge in [0.15, 0.2) is 5.69 Å². The van der Waals surface area contributed by atoms with E-state index in [1.807, 2.05) is 13.8 Å². The Labute approximate surface area is 64.9 Å². The number of aromatic nitrogens is 2. The Kier molecular flexibility index (Phi) is 4.64. The number of aromatic carboxylic acids is 1. The van der Waals surface area contributed by atoms with Crippen LogP contribution in [0.2, 0.25) is 0 Å². The van der Waals surface area contributed by atoms with Crippen molar-refractivity contribution in [3.05, 3.63) is 24.3 Å². The molecule has 0 fully saturated rings. The summed E-state index contributed by atoms with van der Waals surface area (Å²) in [5, 5.41) is 8.29. The van der Waals surface area contributed by atoms with E-state index in [9.17, 15) is 4.79 Å². The quantitative estimate of drug-likeness (QED) is 0.660. The van der Waals surface area contributed by atoms with E-state index in [1.165, 1.54) is 18.6 Å². The number of hydrogen-bond acceptors (Lipinski definition) is 3. The molecule has 0 radical (unpaired) electrons. The van der Waals surface area contributed by atoms with Gasteiger partial charge >= 0.3 is 5.97 Å². The minimum atomic E-state index is -1.03. The molecule has 1 N–H and O–H groups in total. The zero-order valence-corrected chi connectivity index (χ0v) is 6.48. The van der Waals surface area contributed by atoms with Crippen molar-refractivity contribution in [2.45, 2.75) is 13.8 Å². The first-order chi connectivity index (χ1) is 5.30. The Hall–Kier alpha value is -1.45. The normalized spacial score (nSPS) is 7.82. The maximum Gasteiger partial charge on any atom is 0.354 e. The molecule has 0 saturated heterocycles. The summed E-state index contributed by atoms with van der Waals surface area (Å²) in [5.41, 5.74) is 0.0185. The lowest BCUT2D eigenvalue weighted by Crippen LogP contribution is -1.98. The van der Waals surface area contributed by atoms with E-state index < -0.39 is 5.97 Å². The Morgan fingerprint density at radius 3 is 2.45 bits per heavy atom. The van der Waals surface area contributed by atoms with Gasteiger partial charge in [-0.2, -0.15) is 0 Å². The molecule has 4 nitrogen and oxygen atoms in total. The maximum atomic E-state index is 10.1. The number of hydrogen-bond donors (Lipinski definition) is 1. The molecule has 11 heavy (non-hydrogen) atoms. The molecule has 1 aromatic rings. The topological polar surface area (TPSA) is 63.1 Å². The molecule has 0 saturated carbocycles. The summed E-state index contributed by atoms with van der Waals surface area (Å²) >= 11 is 0. The SMILES string of the molecule is CC.O=C(O)c1ccncn1. The summed E-state index contributed by atoms with van der Waals surface area (Å²) in [6, 6.07) is 1.34. The summed E-state index contributed by atoms with van der Waals surface area (Å²) in [4.78, 5) is 17.1. The third-order valence-electron chi connectivity index (χ3n) is 0.801. The first-order valence-electron chi connectivity index (χ1n) is 3.30. The Bertz CT molecular complexity index is 211. The van der Waals surface area contributed by atoms with Crippen molar-refractivity contribution in [1.29, 1.82) is 0 Å². The summed E-state index contributed by atoms with van der Waals surface area (Å²) in [6.45, 7) is 4.00. The predicted molar refractivity (Wildman–Crippen MR) is 40.3 cm³/mol. The van der Waals surface area contributed by atoms with E-state index in [1.54, 1.807) is 0 Å². The van der Waals surface area contributed by atoms with E-state index >= 15 is 0 Å². The highest BCUT2D eigenvalue weighted by Gasteiger charge is 1.99. The molecule has 0 unspecified atom stereocenters. The van der Waals surface area contributed by atoms with Crippen molar-refractivity contribution in [3.8, 4) is 0 Å². The number of nitrogens with zero attached hydrogens (tertiary/aromatic N) is 2. The van der Waals surface area contributed by atoms with Crippen LogP contribution in [0.5, 0.6) is 0 Å². The molecule has 1 rings (SSSR count). The predicted octanol–water partition coefficient (Wildman–Crippen LogP) is 1.20. The van der Waals surface area contributed by atoms with Crippen LogP contribution < -0.4 is 0 Å². The minimum absolute atomic E-state index is 0.0185. The summed E-state index contributed by atoms with van der Waals surface area (Å²) in [5.74, 6) is -1.03. The second-order valence-electron chi connectivity index (χ2n) is 1.40. The van der Waals surface area contributed by atoms with Crippen LogP contribution in [-0.4, -0.2) is 21.0 Å². The fraction of sp³-hybridized carbons (Fsp3) is 0.286. The lowest BCUT2D eigenvalue weighted by atomic mass is 10.4. The van der Waals surface area contributed by atoms with E-state index in [0.29, 0.717) is 0 Å². The molecule has 0 aromatic carbocycles. The van der Waals surface area contributed by atoms with Crippen LogP contribution in [0.4, 0.5) is 0 Å². The van der Waals surface area contributed by atoms with Crippen molar-refractivity contribution in [2.75, 3.05) is 0 Å². The van der Waals surface area contributed by atoms with Gasteiger partial charge in [0.05, 0.1) is 0 Å². The third kappa shape index (κ3) is 3.30. The van der Waals surface area contributed by atoms with Crippen LogP contribution in [0.15, 0.2) is 18.6 Å². The fourth-order valence-corrected chi connectivity index (χ4v) is 0.417. The van der Waals surface area contributed by atoms with Gasteiger partial charge in [0.2, 0.25) is 0 Å². The zero-order chi connectivity index (χ0) is 8.69. The van der Waals surface area contributed by atoms with Crippen molar-refractivity contribution in [1.82, 2.24) is 9.97 Å². The van der Waals surface area contributed by atoms with Gasteiger partial charge in [-0.25, -0.2) is 14.8 Å². The Morgan fingerprint density at radius 1 is 1.55 bits per heavy atom. The van der Waals surface area contributed by atoms with Gasteiger partial charge in [0.1, 0.15) is 6.33 Å². The van der Waals surface area contributed by atoms with Gasteiger partial charge in [-0.3, -0.25) is 0 Å². The van der Waals surface area contributed by atoms with Crippen LogP contribution in [0, 0.1) is 0 Å². The molecule has 0 aliphatic carbocycles. The Balaban J connectivity index is 0.000000461. The minimum Gasteiger partial charge on any atom is -0.477 e. The van der Waals surface area contributed by atoms with Crippen LogP contribution in [0.3, 0.4) is 0 Å². The van der Waals surface area contributed by atoms with Gasteiger partial charge < -0.3 is 5.11 Å². The zero-order valence-electron chi connectivity index (χ0n) is 6.48. The first kappa shape index (κ1) is 9.55. The molecule has 1 heterocycles. The maximum absolute atomic E-state index is 10.1. The second kappa shape index (κ2) is 5.34. The number of rotatable bonds is 1. The van der Waals surface area contributed by atoms with Crippen molar-refractivity contribution in [2.24, 2.45) is 0 Å². The molecular weight excluding hydrogens is 144 g/mol. The molecule has 0 aliphatic rings. The van der Waals surface area contributed by atoms with E-state index in [0.717, 1.165) is 0 Å². The summed E-state index contributed by atoms with van der Waals surface area (Å²) in [7, 11) is 0. The number of carboxylic acids is 1. The fourth-order valence-electron chi connectivity index (χ4n) is 0.417. The number of carbonyl (C=O) groups is 1. The van der Waals surface area contributed by atoms with Gasteiger partial charge in [0, 0.05) is 6.20 Å². The molecule has 0 aliphatic heterocycles. The molecule has 0 bridgehead atoms. The second-order valence-corrected chi connectivity index (χ2v) is 1.40. The first-order valence-corrected chi connectivity index (χ1v) is 3.30. The molecule has 60 valence electrons. The molecule has 1 aromatic heterocycles. The number of carboxylic acid groups (broad SMARTS) is 1. The van der Waals surface area contributed by atoms with Gasteiger partial charge in [-0.05, 0) is 6.07 Å². The van der Waals surface area contributed by atoms with Crippen LogP contribution >= 0.6 is 0 Å². The van der Waals surface area contributed by atoms with Crippen LogP contribution in [0.25, 0.3) is 0 Å². The van der Waals surface area contributed by atoms with Gasteiger partial charge in [-0.1, -0.05) is 13.8 Å². The lowest BCUT2D eigenvalue weighted by Gasteiger charge is -1.86.